The van der Waals surface area contributed by atoms with Gasteiger partial charge < -0.3 is 11.5 Å². The lowest BCUT2D eigenvalue weighted by Gasteiger charge is -2.23. The molecule has 1 unspecified atom stereocenters. The van der Waals surface area contributed by atoms with Gasteiger partial charge in [-0.25, -0.2) is 0 Å². The SMILES string of the molecule is NC(=O)c1c(N)sc2c1CC(c1ccccc1Cl)CC2=O. The van der Waals surface area contributed by atoms with Crippen LogP contribution >= 0.6 is 22.9 Å². The standard InChI is InChI=1S/C15H13ClN2O2S/c16-10-4-2-1-3-8(10)7-5-9-12(14(17)20)15(18)21-13(9)11(19)6-7/h1-4,7H,5-6,18H2,(H2,17,20). The number of benzene rings is 1. The van der Waals surface area contributed by atoms with E-state index < -0.39 is 5.91 Å². The maximum Gasteiger partial charge on any atom is 0.251 e. The lowest BCUT2D eigenvalue weighted by atomic mass is 9.81. The summed E-state index contributed by atoms with van der Waals surface area (Å²) in [4.78, 5) is 24.5. The number of halogens is 1. The van der Waals surface area contributed by atoms with Crippen LogP contribution in [0.4, 0.5) is 5.00 Å². The number of fused-ring (bicyclic) bond motifs is 1. The average molecular weight is 321 g/mol. The summed E-state index contributed by atoms with van der Waals surface area (Å²) in [5.41, 5.74) is 13.1. The largest absolute Gasteiger partial charge is 0.390 e. The molecular formula is C15H13ClN2O2S. The van der Waals surface area contributed by atoms with E-state index in [0.717, 1.165) is 16.9 Å². The van der Waals surface area contributed by atoms with Gasteiger partial charge in [0.25, 0.3) is 5.91 Å². The fraction of sp³-hybridized carbons (Fsp3) is 0.200. The molecule has 1 aromatic heterocycles. The second-order valence-corrected chi connectivity index (χ2v) is 6.52. The maximum absolute atomic E-state index is 12.3. The van der Waals surface area contributed by atoms with Crippen LogP contribution in [0.25, 0.3) is 0 Å². The van der Waals surface area contributed by atoms with Gasteiger partial charge in [0.05, 0.1) is 15.4 Å². The number of nitrogens with two attached hydrogens (primary N) is 2. The molecule has 6 heteroatoms. The molecule has 4 nitrogen and oxygen atoms in total. The van der Waals surface area contributed by atoms with Crippen molar-refractivity contribution in [2.24, 2.45) is 5.73 Å². The van der Waals surface area contributed by atoms with E-state index >= 15 is 0 Å². The number of hydrogen-bond donors (Lipinski definition) is 2. The molecule has 1 amide bonds. The lowest BCUT2D eigenvalue weighted by Crippen LogP contribution is -2.21. The summed E-state index contributed by atoms with van der Waals surface area (Å²) < 4.78 is 0. The monoisotopic (exact) mass is 320 g/mol. The highest BCUT2D eigenvalue weighted by Crippen LogP contribution is 2.42. The molecule has 0 fully saturated rings. The predicted molar refractivity (Wildman–Crippen MR) is 84.1 cm³/mol. The fourth-order valence-electron chi connectivity index (χ4n) is 2.84. The molecule has 0 saturated heterocycles. The number of amides is 1. The number of thiophene rings is 1. The Kier molecular flexibility index (Phi) is 3.47. The third-order valence-corrected chi connectivity index (χ3v) is 5.21. The van der Waals surface area contributed by atoms with Gasteiger partial charge in [-0.3, -0.25) is 9.59 Å². The van der Waals surface area contributed by atoms with Crippen molar-refractivity contribution in [3.63, 3.8) is 0 Å². The smallest absolute Gasteiger partial charge is 0.251 e. The summed E-state index contributed by atoms with van der Waals surface area (Å²) in [6, 6.07) is 7.44. The minimum atomic E-state index is -0.586. The van der Waals surface area contributed by atoms with Crippen molar-refractivity contribution in [2.45, 2.75) is 18.8 Å². The Balaban J connectivity index is 2.08. The molecule has 1 atom stereocenters. The number of primary amides is 1. The highest BCUT2D eigenvalue weighted by atomic mass is 35.5. The first-order chi connectivity index (χ1) is 9.99. The van der Waals surface area contributed by atoms with Crippen molar-refractivity contribution >= 4 is 39.6 Å². The second kappa shape index (κ2) is 5.16. The summed E-state index contributed by atoms with van der Waals surface area (Å²) in [5, 5.41) is 0.947. The molecule has 21 heavy (non-hydrogen) atoms. The Hall–Kier alpha value is -1.85. The van der Waals surface area contributed by atoms with Gasteiger partial charge in [0, 0.05) is 11.4 Å². The Morgan fingerprint density at radius 3 is 2.67 bits per heavy atom. The quantitative estimate of drug-likeness (QED) is 0.891. The molecule has 0 radical (unpaired) electrons. The third kappa shape index (κ3) is 2.32. The molecule has 1 aromatic carbocycles. The second-order valence-electron chi connectivity index (χ2n) is 5.06. The molecule has 1 aliphatic carbocycles. The maximum atomic E-state index is 12.3. The van der Waals surface area contributed by atoms with Crippen LogP contribution in [0.2, 0.25) is 5.02 Å². The van der Waals surface area contributed by atoms with Crippen molar-refractivity contribution in [2.75, 3.05) is 5.73 Å². The van der Waals surface area contributed by atoms with Crippen LogP contribution in [0.3, 0.4) is 0 Å². The molecule has 3 rings (SSSR count). The van der Waals surface area contributed by atoms with Crippen molar-refractivity contribution in [3.8, 4) is 0 Å². The predicted octanol–water partition coefficient (Wildman–Crippen LogP) is 3.00. The van der Waals surface area contributed by atoms with Crippen LogP contribution in [-0.2, 0) is 6.42 Å². The molecule has 2 aromatic rings. The Morgan fingerprint density at radius 2 is 2.00 bits per heavy atom. The Labute approximate surface area is 130 Å². The van der Waals surface area contributed by atoms with E-state index in [1.54, 1.807) is 6.07 Å². The Morgan fingerprint density at radius 1 is 1.29 bits per heavy atom. The number of nitrogen functional groups attached to an aromatic ring is 1. The van der Waals surface area contributed by atoms with Crippen molar-refractivity contribution in [1.82, 2.24) is 0 Å². The summed E-state index contributed by atoms with van der Waals surface area (Å²) in [7, 11) is 0. The minimum Gasteiger partial charge on any atom is -0.390 e. The topological polar surface area (TPSA) is 86.2 Å². The molecule has 0 saturated carbocycles. The van der Waals surface area contributed by atoms with Crippen LogP contribution in [-0.4, -0.2) is 11.7 Å². The van der Waals surface area contributed by atoms with E-state index in [-0.39, 0.29) is 11.7 Å². The van der Waals surface area contributed by atoms with Gasteiger partial charge in [-0.2, -0.15) is 0 Å². The van der Waals surface area contributed by atoms with Crippen LogP contribution in [0, 0.1) is 0 Å². The zero-order chi connectivity index (χ0) is 15.1. The zero-order valence-corrected chi connectivity index (χ0v) is 12.6. The third-order valence-electron chi connectivity index (χ3n) is 3.76. The van der Waals surface area contributed by atoms with E-state index in [2.05, 4.69) is 0 Å². The van der Waals surface area contributed by atoms with Crippen LogP contribution < -0.4 is 11.5 Å². The zero-order valence-electron chi connectivity index (χ0n) is 11.1. The first-order valence-electron chi connectivity index (χ1n) is 6.47. The van der Waals surface area contributed by atoms with Gasteiger partial charge in [0.15, 0.2) is 5.78 Å². The van der Waals surface area contributed by atoms with Gasteiger partial charge >= 0.3 is 0 Å². The Bertz CT molecular complexity index is 754. The van der Waals surface area contributed by atoms with E-state index in [1.165, 1.54) is 0 Å². The highest BCUT2D eigenvalue weighted by Gasteiger charge is 2.33. The van der Waals surface area contributed by atoms with Crippen molar-refractivity contribution in [1.29, 1.82) is 0 Å². The van der Waals surface area contributed by atoms with E-state index in [9.17, 15) is 9.59 Å². The number of ketones is 1. The number of carbonyl (C=O) groups excluding carboxylic acids is 2. The van der Waals surface area contributed by atoms with Crippen molar-refractivity contribution in [3.05, 3.63) is 50.9 Å². The van der Waals surface area contributed by atoms with Gasteiger partial charge in [0.2, 0.25) is 0 Å². The lowest BCUT2D eigenvalue weighted by molar-refractivity contribution is 0.0968. The molecular weight excluding hydrogens is 308 g/mol. The minimum absolute atomic E-state index is 0.00892. The molecule has 0 bridgehead atoms. The van der Waals surface area contributed by atoms with E-state index in [1.807, 2.05) is 18.2 Å². The molecule has 4 N–H and O–H groups in total. The molecule has 0 spiro atoms. The normalized spacial score (nSPS) is 17.6. The van der Waals surface area contributed by atoms with Crippen LogP contribution in [0.15, 0.2) is 24.3 Å². The van der Waals surface area contributed by atoms with Crippen LogP contribution in [0.5, 0.6) is 0 Å². The van der Waals surface area contributed by atoms with Gasteiger partial charge in [0.1, 0.15) is 0 Å². The number of anilines is 1. The van der Waals surface area contributed by atoms with Gasteiger partial charge in [-0.05, 0) is 29.5 Å². The van der Waals surface area contributed by atoms with Gasteiger partial charge in [-0.15, -0.1) is 11.3 Å². The summed E-state index contributed by atoms with van der Waals surface area (Å²) in [5.74, 6) is -0.645. The number of Topliss-reactive ketones (excluding diaryl/α,β-unsaturated/α-hetero) is 1. The van der Waals surface area contributed by atoms with Gasteiger partial charge in [-0.1, -0.05) is 29.8 Å². The van der Waals surface area contributed by atoms with E-state index in [4.69, 9.17) is 23.1 Å². The average Bonchev–Trinajstić information content (AvgIpc) is 2.76. The molecule has 108 valence electrons. The van der Waals surface area contributed by atoms with Crippen LogP contribution in [0.1, 0.15) is 43.5 Å². The molecule has 0 aliphatic heterocycles. The highest BCUT2D eigenvalue weighted by molar-refractivity contribution is 7.18. The number of rotatable bonds is 2. The first kappa shape index (κ1) is 14.1. The first-order valence-corrected chi connectivity index (χ1v) is 7.67. The molecule has 1 heterocycles. The van der Waals surface area contributed by atoms with Crippen molar-refractivity contribution < 1.29 is 9.59 Å². The fourth-order valence-corrected chi connectivity index (χ4v) is 4.18. The van der Waals surface area contributed by atoms with E-state index in [0.29, 0.717) is 38.9 Å². The summed E-state index contributed by atoms with van der Waals surface area (Å²) in [6.45, 7) is 0. The number of hydrogen-bond acceptors (Lipinski definition) is 4. The molecule has 1 aliphatic rings. The summed E-state index contributed by atoms with van der Waals surface area (Å²) in [6.07, 6.45) is 0.922. The summed E-state index contributed by atoms with van der Waals surface area (Å²) >= 11 is 7.36. The number of carbonyl (C=O) groups is 2.